The van der Waals surface area contributed by atoms with Gasteiger partial charge in [0.25, 0.3) is 5.91 Å². The van der Waals surface area contributed by atoms with E-state index in [9.17, 15) is 14.3 Å². The molecule has 2 rings (SSSR count). The molecule has 0 atom stereocenters. The molecule has 0 aliphatic heterocycles. The van der Waals surface area contributed by atoms with Crippen molar-refractivity contribution in [3.05, 3.63) is 28.0 Å². The maximum Gasteiger partial charge on any atom is 0.253 e. The number of nitrogens with one attached hydrogen (secondary N) is 1. The second-order valence-electron chi connectivity index (χ2n) is 4.61. The van der Waals surface area contributed by atoms with Crippen LogP contribution in [0.1, 0.15) is 29.6 Å². The lowest BCUT2D eigenvalue weighted by atomic mass is 9.80. The van der Waals surface area contributed by atoms with Gasteiger partial charge in [-0.3, -0.25) is 4.79 Å². The maximum atomic E-state index is 13.3. The molecule has 1 aliphatic rings. The highest BCUT2D eigenvalue weighted by Crippen LogP contribution is 2.30. The lowest BCUT2D eigenvalue weighted by Gasteiger charge is -2.36. The predicted octanol–water partition coefficient (Wildman–Crippen LogP) is 1.82. The molecule has 0 bridgehead atoms. The molecule has 1 aliphatic carbocycles. The zero-order valence-corrected chi connectivity index (χ0v) is 11.3. The number of hydrogen-bond donors (Lipinski definition) is 3. The van der Waals surface area contributed by atoms with Crippen molar-refractivity contribution in [2.45, 2.75) is 24.9 Å². The Labute approximate surface area is 112 Å². The molecule has 1 fully saturated rings. The van der Waals surface area contributed by atoms with Gasteiger partial charge in [-0.15, -0.1) is 0 Å². The number of nitrogens with two attached hydrogens (primary N) is 1. The number of carbonyl (C=O) groups is 1. The monoisotopic (exact) mass is 316 g/mol. The fourth-order valence-electron chi connectivity index (χ4n) is 1.86. The van der Waals surface area contributed by atoms with Crippen molar-refractivity contribution in [3.8, 4) is 0 Å². The van der Waals surface area contributed by atoms with Gasteiger partial charge in [0.05, 0.1) is 15.6 Å². The van der Waals surface area contributed by atoms with Gasteiger partial charge in [-0.25, -0.2) is 4.39 Å². The molecule has 18 heavy (non-hydrogen) atoms. The Kier molecular flexibility index (Phi) is 3.59. The minimum absolute atomic E-state index is 0.0821. The Bertz CT molecular complexity index is 489. The van der Waals surface area contributed by atoms with Crippen LogP contribution >= 0.6 is 15.9 Å². The van der Waals surface area contributed by atoms with Crippen LogP contribution in [0, 0.1) is 5.82 Å². The van der Waals surface area contributed by atoms with Crippen LogP contribution in [-0.2, 0) is 0 Å². The molecule has 98 valence electrons. The van der Waals surface area contributed by atoms with Gasteiger partial charge in [-0.1, -0.05) is 0 Å². The topological polar surface area (TPSA) is 75.4 Å². The smallest absolute Gasteiger partial charge is 0.253 e. The second kappa shape index (κ2) is 4.85. The summed E-state index contributed by atoms with van der Waals surface area (Å²) < 4.78 is 13.6. The zero-order valence-electron chi connectivity index (χ0n) is 9.67. The van der Waals surface area contributed by atoms with Crippen molar-refractivity contribution < 1.29 is 14.3 Å². The first-order valence-electron chi connectivity index (χ1n) is 5.66. The van der Waals surface area contributed by atoms with E-state index in [1.807, 2.05) is 0 Å². The Balaban J connectivity index is 2.06. The average Bonchev–Trinajstić information content (AvgIpc) is 2.28. The number of rotatable bonds is 3. The minimum atomic E-state index is -0.807. The second-order valence-corrected chi connectivity index (χ2v) is 5.47. The van der Waals surface area contributed by atoms with Gasteiger partial charge in [0.2, 0.25) is 0 Å². The van der Waals surface area contributed by atoms with E-state index < -0.39 is 17.3 Å². The van der Waals surface area contributed by atoms with Crippen molar-refractivity contribution in [3.63, 3.8) is 0 Å². The van der Waals surface area contributed by atoms with E-state index in [0.717, 1.165) is 12.5 Å². The van der Waals surface area contributed by atoms with Gasteiger partial charge < -0.3 is 16.2 Å². The number of hydrogen-bond acceptors (Lipinski definition) is 3. The van der Waals surface area contributed by atoms with Crippen molar-refractivity contribution in [2.24, 2.45) is 0 Å². The van der Waals surface area contributed by atoms with Crippen LogP contribution in [0.25, 0.3) is 0 Å². The van der Waals surface area contributed by atoms with Gasteiger partial charge >= 0.3 is 0 Å². The molecule has 6 heteroatoms. The molecule has 4 N–H and O–H groups in total. The highest BCUT2D eigenvalue weighted by atomic mass is 79.9. The summed E-state index contributed by atoms with van der Waals surface area (Å²) in [7, 11) is 0. The van der Waals surface area contributed by atoms with Crippen LogP contribution in [0.4, 0.5) is 10.1 Å². The van der Waals surface area contributed by atoms with Crippen LogP contribution in [-0.4, -0.2) is 23.2 Å². The van der Waals surface area contributed by atoms with E-state index in [1.165, 1.54) is 6.07 Å². The Morgan fingerprint density at radius 1 is 1.56 bits per heavy atom. The lowest BCUT2D eigenvalue weighted by molar-refractivity contribution is -0.0300. The third-order valence-electron chi connectivity index (χ3n) is 3.20. The van der Waals surface area contributed by atoms with Crippen molar-refractivity contribution in [1.29, 1.82) is 0 Å². The minimum Gasteiger partial charge on any atom is -0.398 e. The van der Waals surface area contributed by atoms with Gasteiger partial charge in [-0.05, 0) is 47.3 Å². The molecular weight excluding hydrogens is 303 g/mol. The van der Waals surface area contributed by atoms with Gasteiger partial charge in [-0.2, -0.15) is 0 Å². The number of halogens is 2. The standard InChI is InChI=1S/C12H14BrFN2O2/c13-8-5-10(15)7(4-9(8)14)11(17)16-6-12(18)2-1-3-12/h4-5,18H,1-3,6,15H2,(H,16,17). The molecular formula is C12H14BrFN2O2. The van der Waals surface area contributed by atoms with Gasteiger partial charge in [0, 0.05) is 12.2 Å². The molecule has 0 aromatic heterocycles. The molecule has 1 aromatic rings. The summed E-state index contributed by atoms with van der Waals surface area (Å²) in [4.78, 5) is 11.8. The molecule has 0 saturated heterocycles. The summed E-state index contributed by atoms with van der Waals surface area (Å²) in [5.41, 5.74) is 5.13. The number of amides is 1. The molecule has 0 radical (unpaired) electrons. The first-order chi connectivity index (χ1) is 8.41. The van der Waals surface area contributed by atoms with Crippen LogP contribution in [0.15, 0.2) is 16.6 Å². The fraction of sp³-hybridized carbons (Fsp3) is 0.417. The van der Waals surface area contributed by atoms with Crippen LogP contribution < -0.4 is 11.1 Å². The van der Waals surface area contributed by atoms with E-state index in [2.05, 4.69) is 21.2 Å². The molecule has 0 unspecified atom stereocenters. The van der Waals surface area contributed by atoms with Crippen LogP contribution in [0.5, 0.6) is 0 Å². The number of nitrogen functional groups attached to an aromatic ring is 1. The summed E-state index contributed by atoms with van der Waals surface area (Å²) >= 11 is 2.99. The van der Waals surface area contributed by atoms with Crippen LogP contribution in [0.2, 0.25) is 0 Å². The highest BCUT2D eigenvalue weighted by Gasteiger charge is 2.34. The quantitative estimate of drug-likeness (QED) is 0.744. The summed E-state index contributed by atoms with van der Waals surface area (Å²) in [6.07, 6.45) is 2.32. The number of carbonyl (C=O) groups excluding carboxylic acids is 1. The zero-order chi connectivity index (χ0) is 13.3. The number of aliphatic hydroxyl groups is 1. The Hall–Kier alpha value is -1.14. The SMILES string of the molecule is Nc1cc(Br)c(F)cc1C(=O)NCC1(O)CCC1. The molecule has 4 nitrogen and oxygen atoms in total. The Morgan fingerprint density at radius 2 is 2.22 bits per heavy atom. The number of anilines is 1. The molecule has 0 spiro atoms. The van der Waals surface area contributed by atoms with Crippen LogP contribution in [0.3, 0.4) is 0 Å². The first kappa shape index (κ1) is 13.3. The van der Waals surface area contributed by atoms with Crippen molar-refractivity contribution in [1.82, 2.24) is 5.32 Å². The van der Waals surface area contributed by atoms with E-state index in [1.54, 1.807) is 0 Å². The molecule has 0 heterocycles. The van der Waals surface area contributed by atoms with Crippen molar-refractivity contribution >= 4 is 27.5 Å². The van der Waals surface area contributed by atoms with Gasteiger partial charge in [0.1, 0.15) is 5.82 Å². The molecule has 1 amide bonds. The average molecular weight is 317 g/mol. The summed E-state index contributed by atoms with van der Waals surface area (Å²) in [6.45, 7) is 0.170. The molecule has 1 saturated carbocycles. The molecule has 1 aromatic carbocycles. The van der Waals surface area contributed by atoms with E-state index in [4.69, 9.17) is 5.73 Å². The largest absolute Gasteiger partial charge is 0.398 e. The summed E-state index contributed by atoms with van der Waals surface area (Å²) in [5.74, 6) is -1.02. The Morgan fingerprint density at radius 3 is 2.78 bits per heavy atom. The maximum absolute atomic E-state index is 13.3. The third kappa shape index (κ3) is 2.64. The normalized spacial score (nSPS) is 17.1. The highest BCUT2D eigenvalue weighted by molar-refractivity contribution is 9.10. The lowest BCUT2D eigenvalue weighted by Crippen LogP contribution is -2.47. The predicted molar refractivity (Wildman–Crippen MR) is 69.6 cm³/mol. The summed E-state index contributed by atoms with van der Waals surface area (Å²) in [5, 5.41) is 12.4. The third-order valence-corrected chi connectivity index (χ3v) is 3.81. The van der Waals surface area contributed by atoms with E-state index in [-0.39, 0.29) is 22.3 Å². The van der Waals surface area contributed by atoms with E-state index >= 15 is 0 Å². The fourth-order valence-corrected chi connectivity index (χ4v) is 2.22. The van der Waals surface area contributed by atoms with Crippen molar-refractivity contribution in [2.75, 3.05) is 12.3 Å². The van der Waals surface area contributed by atoms with Gasteiger partial charge in [0.15, 0.2) is 0 Å². The first-order valence-corrected chi connectivity index (χ1v) is 6.46. The number of benzene rings is 1. The van der Waals surface area contributed by atoms with E-state index in [0.29, 0.717) is 12.8 Å². The summed E-state index contributed by atoms with van der Waals surface area (Å²) in [6, 6.07) is 2.43.